The van der Waals surface area contributed by atoms with Gasteiger partial charge in [0.05, 0.1) is 17.6 Å². The van der Waals surface area contributed by atoms with Gasteiger partial charge in [-0.2, -0.15) is 0 Å². The van der Waals surface area contributed by atoms with Gasteiger partial charge in [0.15, 0.2) is 0 Å². The molecule has 6 rings (SSSR count). The summed E-state index contributed by atoms with van der Waals surface area (Å²) in [4.78, 5) is 34.6. The van der Waals surface area contributed by atoms with Gasteiger partial charge in [-0.15, -0.1) is 0 Å². The van der Waals surface area contributed by atoms with Crippen LogP contribution < -0.4 is 0 Å². The van der Waals surface area contributed by atoms with Crippen molar-refractivity contribution in [2.75, 3.05) is 13.6 Å². The Hall–Kier alpha value is -1.32. The number of rotatable bonds is 11. The predicted molar refractivity (Wildman–Crippen MR) is 186 cm³/mol. The zero-order valence-corrected chi connectivity index (χ0v) is 30.5. The van der Waals surface area contributed by atoms with Gasteiger partial charge in [-0.05, 0) is 80.4 Å². The zero-order valence-electron chi connectivity index (χ0n) is 28.3. The number of allylic oxidation sites excluding steroid dienone is 1. The number of aldehydes is 1. The Morgan fingerprint density at radius 3 is 2.53 bits per heavy atom. The molecule has 0 amide bonds. The highest BCUT2D eigenvalue weighted by atomic mass is 127. The Bertz CT molecular complexity index is 1290. The monoisotopic (exact) mass is 730 g/mol. The van der Waals surface area contributed by atoms with E-state index in [0.717, 1.165) is 49.9 Å². The molecular weight excluding hydrogens is 675 g/mol. The number of ether oxygens (including phenoxy) is 1. The molecular formula is C38H55IN2O4. The number of hydrogen-bond acceptors (Lipinski definition) is 5. The lowest BCUT2D eigenvalue weighted by Gasteiger charge is -2.60. The van der Waals surface area contributed by atoms with Crippen LogP contribution in [0.5, 0.6) is 0 Å². The van der Waals surface area contributed by atoms with Crippen molar-refractivity contribution in [2.45, 2.75) is 115 Å². The smallest absolute Gasteiger partial charge is 0.315 e. The molecule has 4 aliphatic carbocycles. The number of carbonyl (C=O) groups is 2. The Kier molecular flexibility index (Phi) is 9.41. The number of alkyl halides is 1. The topological polar surface area (TPSA) is 79.7 Å². The fraction of sp³-hybridized carbons (Fsp3) is 0.763. The van der Waals surface area contributed by atoms with E-state index in [2.05, 4.69) is 85.4 Å². The van der Waals surface area contributed by atoms with Crippen LogP contribution in [-0.4, -0.2) is 57.0 Å². The van der Waals surface area contributed by atoms with Crippen molar-refractivity contribution in [2.24, 2.45) is 51.8 Å². The molecule has 10 atom stereocenters. The van der Waals surface area contributed by atoms with Gasteiger partial charge in [0.1, 0.15) is 11.7 Å². The Balaban J connectivity index is 1.42. The minimum absolute atomic E-state index is 0.0141. The van der Waals surface area contributed by atoms with E-state index in [1.807, 2.05) is 13.1 Å². The second-order valence-corrected chi connectivity index (χ2v) is 17.3. The minimum atomic E-state index is -1.22. The lowest BCUT2D eigenvalue weighted by atomic mass is 9.43. The lowest BCUT2D eigenvalue weighted by molar-refractivity contribution is -0.188. The van der Waals surface area contributed by atoms with Crippen molar-refractivity contribution in [3.63, 3.8) is 0 Å². The Labute approximate surface area is 284 Å². The van der Waals surface area contributed by atoms with E-state index in [1.54, 1.807) is 0 Å². The summed E-state index contributed by atoms with van der Waals surface area (Å²) in [6.45, 7) is 12.5. The van der Waals surface area contributed by atoms with E-state index in [-0.39, 0.29) is 33.9 Å². The largest absolute Gasteiger partial charge is 0.481 e. The Morgan fingerprint density at radius 2 is 1.93 bits per heavy atom. The van der Waals surface area contributed by atoms with E-state index >= 15 is 0 Å². The number of carboxylic acid groups (broad SMARTS) is 1. The molecule has 7 heteroatoms. The van der Waals surface area contributed by atoms with E-state index in [4.69, 9.17) is 4.74 Å². The summed E-state index contributed by atoms with van der Waals surface area (Å²) in [5, 5.41) is 11.6. The second kappa shape index (κ2) is 12.6. The molecule has 3 saturated carbocycles. The molecule has 248 valence electrons. The highest BCUT2D eigenvalue weighted by molar-refractivity contribution is 14.1. The van der Waals surface area contributed by atoms with Crippen LogP contribution in [0.1, 0.15) is 96.7 Å². The average molecular weight is 731 g/mol. The molecule has 1 saturated heterocycles. The van der Waals surface area contributed by atoms with Gasteiger partial charge in [-0.25, -0.2) is 0 Å². The lowest BCUT2D eigenvalue weighted by Crippen LogP contribution is -2.66. The minimum Gasteiger partial charge on any atom is -0.481 e. The maximum Gasteiger partial charge on any atom is 0.315 e. The molecule has 1 aromatic rings. The van der Waals surface area contributed by atoms with Gasteiger partial charge >= 0.3 is 5.97 Å². The molecule has 1 aromatic heterocycles. The molecule has 5 aliphatic rings. The van der Waals surface area contributed by atoms with Crippen LogP contribution in [0.4, 0.5) is 0 Å². The van der Waals surface area contributed by atoms with Gasteiger partial charge in [0.25, 0.3) is 0 Å². The van der Waals surface area contributed by atoms with Gasteiger partial charge in [0.2, 0.25) is 0 Å². The van der Waals surface area contributed by atoms with Crippen molar-refractivity contribution in [3.8, 4) is 0 Å². The molecule has 0 aromatic carbocycles. The molecule has 6 unspecified atom stereocenters. The van der Waals surface area contributed by atoms with Crippen LogP contribution in [0.3, 0.4) is 0 Å². The molecule has 2 heterocycles. The summed E-state index contributed by atoms with van der Waals surface area (Å²) in [7, 11) is 2.18. The summed E-state index contributed by atoms with van der Waals surface area (Å²) >= 11 is 2.50. The number of likely N-dealkylation sites (N-methyl/N-ethyl adjacent to an activating group) is 1. The van der Waals surface area contributed by atoms with Gasteiger partial charge in [-0.3, -0.25) is 14.7 Å². The number of carboxylic acids is 1. The molecule has 1 aliphatic heterocycles. The van der Waals surface area contributed by atoms with Gasteiger partial charge in [0, 0.05) is 34.3 Å². The first kappa shape index (κ1) is 33.6. The third kappa shape index (κ3) is 4.93. The molecule has 4 bridgehead atoms. The predicted octanol–water partition coefficient (Wildman–Crippen LogP) is 7.90. The first-order chi connectivity index (χ1) is 21.5. The molecule has 0 spiro atoms. The van der Waals surface area contributed by atoms with Crippen LogP contribution in [-0.2, 0) is 20.9 Å². The van der Waals surface area contributed by atoms with Crippen molar-refractivity contribution in [1.82, 2.24) is 9.88 Å². The number of halogens is 1. The number of nitrogens with zero attached hydrogens (tertiary/aromatic N) is 2. The molecule has 4 fully saturated rings. The highest BCUT2D eigenvalue weighted by Crippen LogP contribution is 2.82. The third-order valence-electron chi connectivity index (χ3n) is 13.4. The van der Waals surface area contributed by atoms with Crippen LogP contribution in [0.25, 0.3) is 0 Å². The molecule has 6 nitrogen and oxygen atoms in total. The number of pyridine rings is 1. The van der Waals surface area contributed by atoms with E-state index in [9.17, 15) is 14.7 Å². The van der Waals surface area contributed by atoms with Crippen molar-refractivity contribution >= 4 is 34.8 Å². The van der Waals surface area contributed by atoms with Crippen molar-refractivity contribution in [3.05, 3.63) is 41.2 Å². The molecule has 45 heavy (non-hydrogen) atoms. The maximum atomic E-state index is 14.1. The van der Waals surface area contributed by atoms with Crippen LogP contribution in [0, 0.1) is 58.7 Å². The number of hydrogen-bond donors (Lipinski definition) is 1. The standard InChI is InChI=1S/C38H55IN2O4/c1-7-24(4)30-18-37(28-15-31(23(2)3)38(37,35(43)44)36(17-28,22-42)34(30)39)33-16-29(27-11-9-8-10-12-27)32(45-33)21-41(6)20-26-14-13-25(5)40-19-26/h13-15,19,22-24,27-30,32-34H,7-12,16-18,20-21H2,1-6H3,(H,43,44)/t24-,28?,29?,30-,32?,33?,34-,36?,37?,38+/m1/s1. The van der Waals surface area contributed by atoms with Crippen LogP contribution >= 0.6 is 22.6 Å². The summed E-state index contributed by atoms with van der Waals surface area (Å²) in [6, 6.07) is 4.24. The second-order valence-electron chi connectivity index (χ2n) is 16.0. The first-order valence-corrected chi connectivity index (χ1v) is 19.0. The number of aliphatic carboxylic acids is 1. The molecule has 1 N–H and O–H groups in total. The fourth-order valence-corrected chi connectivity index (χ4v) is 13.2. The SMILES string of the molecule is CC[C@@H](C)[C@H]1CC2(C3CC(C4CCCCC4)C(CN(C)Cc4ccc(C)nc4)O3)C3C=C(C(C)C)[C@]2(C(=O)O)C(C=O)(C3)[C@@H]1I. The first-order valence-electron chi connectivity index (χ1n) is 17.8. The molecule has 0 radical (unpaired) electrons. The maximum absolute atomic E-state index is 14.1. The van der Waals surface area contributed by atoms with Gasteiger partial charge < -0.3 is 14.6 Å². The highest BCUT2D eigenvalue weighted by Gasteiger charge is 2.86. The third-order valence-corrected chi connectivity index (χ3v) is 15.5. The van der Waals surface area contributed by atoms with Crippen LogP contribution in [0.15, 0.2) is 30.0 Å². The van der Waals surface area contributed by atoms with Gasteiger partial charge in [-0.1, -0.05) is 107 Å². The van der Waals surface area contributed by atoms with Crippen LogP contribution in [0.2, 0.25) is 0 Å². The quantitative estimate of drug-likeness (QED) is 0.108. The average Bonchev–Trinajstić information content (AvgIpc) is 3.63. The van der Waals surface area contributed by atoms with Crippen molar-refractivity contribution in [1.29, 1.82) is 0 Å². The van der Waals surface area contributed by atoms with E-state index in [0.29, 0.717) is 24.2 Å². The fourth-order valence-electron chi connectivity index (χ4n) is 11.4. The number of aryl methyl sites for hydroxylation is 1. The van der Waals surface area contributed by atoms with E-state index in [1.165, 1.54) is 37.7 Å². The van der Waals surface area contributed by atoms with E-state index < -0.39 is 22.2 Å². The summed E-state index contributed by atoms with van der Waals surface area (Å²) in [5.41, 5.74) is 0.483. The summed E-state index contributed by atoms with van der Waals surface area (Å²) in [5.74, 6) is 1.04. The van der Waals surface area contributed by atoms with Crippen molar-refractivity contribution < 1.29 is 19.4 Å². The zero-order chi connectivity index (χ0) is 32.3. The number of aromatic nitrogens is 1. The Morgan fingerprint density at radius 1 is 1.20 bits per heavy atom. The number of carbonyl (C=O) groups excluding carboxylic acids is 1. The summed E-state index contributed by atoms with van der Waals surface area (Å²) < 4.78 is 7.40. The summed E-state index contributed by atoms with van der Waals surface area (Å²) in [6.07, 6.45) is 15.0. The normalized spacial score (nSPS) is 40.2.